The molecule has 0 N–H and O–H groups in total. The fraction of sp³-hybridized carbons (Fsp3) is 0.188. The molecule has 0 aromatic heterocycles. The van der Waals surface area contributed by atoms with Gasteiger partial charge < -0.3 is 9.47 Å². The molecule has 19 heavy (non-hydrogen) atoms. The third-order valence-electron chi connectivity index (χ3n) is 2.77. The van der Waals surface area contributed by atoms with Gasteiger partial charge in [0.05, 0.1) is 19.3 Å². The van der Waals surface area contributed by atoms with Gasteiger partial charge in [-0.2, -0.15) is 0 Å². The highest BCUT2D eigenvalue weighted by molar-refractivity contribution is 5.89. The zero-order chi connectivity index (χ0) is 13.5. The van der Waals surface area contributed by atoms with Gasteiger partial charge in [-0.1, -0.05) is 36.4 Å². The summed E-state index contributed by atoms with van der Waals surface area (Å²) in [7, 11) is 1.57. The summed E-state index contributed by atoms with van der Waals surface area (Å²) in [5.74, 6) is 0.326. The van der Waals surface area contributed by atoms with Crippen LogP contribution in [-0.2, 0) is 11.2 Å². The first kappa shape index (κ1) is 13.1. The number of rotatable bonds is 5. The molecule has 2 aromatic rings. The molecule has 2 aromatic carbocycles. The van der Waals surface area contributed by atoms with Crippen LogP contribution in [0.4, 0.5) is 0 Å². The molecule has 0 saturated heterocycles. The monoisotopic (exact) mass is 256 g/mol. The fourth-order valence-electron chi connectivity index (χ4n) is 1.74. The van der Waals surface area contributed by atoms with Crippen molar-refractivity contribution in [2.75, 3.05) is 13.7 Å². The highest BCUT2D eigenvalue weighted by atomic mass is 16.5. The maximum absolute atomic E-state index is 11.8. The summed E-state index contributed by atoms with van der Waals surface area (Å²) in [5.41, 5.74) is 1.66. The van der Waals surface area contributed by atoms with Gasteiger partial charge in [0.25, 0.3) is 0 Å². The lowest BCUT2D eigenvalue weighted by atomic mass is 10.2. The largest absolute Gasteiger partial charge is 0.497 e. The zero-order valence-corrected chi connectivity index (χ0v) is 10.8. The van der Waals surface area contributed by atoms with Gasteiger partial charge in [-0.25, -0.2) is 4.79 Å². The molecule has 3 heteroatoms. The SMILES string of the molecule is COc1cccc(C(=O)OCCc2ccccc2)c1. The summed E-state index contributed by atoms with van der Waals surface area (Å²) in [6.45, 7) is 0.375. The number of hydrogen-bond donors (Lipinski definition) is 0. The maximum Gasteiger partial charge on any atom is 0.338 e. The minimum absolute atomic E-state index is 0.324. The van der Waals surface area contributed by atoms with Gasteiger partial charge in [0.15, 0.2) is 0 Å². The predicted molar refractivity (Wildman–Crippen MR) is 73.4 cm³/mol. The minimum atomic E-state index is -0.324. The molecule has 0 unspecified atom stereocenters. The normalized spacial score (nSPS) is 9.95. The van der Waals surface area contributed by atoms with Crippen LogP contribution in [0.1, 0.15) is 15.9 Å². The van der Waals surface area contributed by atoms with Crippen LogP contribution >= 0.6 is 0 Å². The number of esters is 1. The highest BCUT2D eigenvalue weighted by Gasteiger charge is 2.07. The number of ether oxygens (including phenoxy) is 2. The van der Waals surface area contributed by atoms with Gasteiger partial charge in [0.1, 0.15) is 5.75 Å². The molecular formula is C16H16O3. The lowest BCUT2D eigenvalue weighted by Gasteiger charge is -2.06. The van der Waals surface area contributed by atoms with Crippen molar-refractivity contribution in [3.63, 3.8) is 0 Å². The molecule has 2 rings (SSSR count). The van der Waals surface area contributed by atoms with Crippen molar-refractivity contribution in [2.24, 2.45) is 0 Å². The molecule has 0 aliphatic heterocycles. The Kier molecular flexibility index (Phi) is 4.56. The molecule has 3 nitrogen and oxygen atoms in total. The summed E-state index contributed by atoms with van der Waals surface area (Å²) in [6, 6.07) is 16.9. The second-order valence-electron chi connectivity index (χ2n) is 4.10. The van der Waals surface area contributed by atoms with Gasteiger partial charge in [-0.05, 0) is 23.8 Å². The molecule has 0 fully saturated rings. The van der Waals surface area contributed by atoms with Crippen LogP contribution in [0, 0.1) is 0 Å². The van der Waals surface area contributed by atoms with E-state index in [4.69, 9.17) is 9.47 Å². The van der Waals surface area contributed by atoms with E-state index in [1.807, 2.05) is 30.3 Å². The Bertz CT molecular complexity index is 535. The first-order chi connectivity index (χ1) is 9.29. The second-order valence-corrected chi connectivity index (χ2v) is 4.10. The van der Waals surface area contributed by atoms with E-state index in [0.717, 1.165) is 12.0 Å². The molecule has 0 heterocycles. The van der Waals surface area contributed by atoms with Crippen LogP contribution in [0.3, 0.4) is 0 Å². The summed E-state index contributed by atoms with van der Waals surface area (Å²) < 4.78 is 10.3. The number of carbonyl (C=O) groups excluding carboxylic acids is 1. The molecule has 0 saturated carbocycles. The standard InChI is InChI=1S/C16H16O3/c1-18-15-9-5-8-14(12-15)16(17)19-11-10-13-6-3-2-4-7-13/h2-9,12H,10-11H2,1H3. The number of benzene rings is 2. The van der Waals surface area contributed by atoms with E-state index >= 15 is 0 Å². The summed E-state index contributed by atoms with van der Waals surface area (Å²) in [6.07, 6.45) is 0.719. The van der Waals surface area contributed by atoms with Crippen LogP contribution in [0.2, 0.25) is 0 Å². The Morgan fingerprint density at radius 3 is 2.58 bits per heavy atom. The van der Waals surface area contributed by atoms with Crippen LogP contribution in [0.25, 0.3) is 0 Å². The fourth-order valence-corrected chi connectivity index (χ4v) is 1.74. The van der Waals surface area contributed by atoms with E-state index in [9.17, 15) is 4.79 Å². The Labute approximate surface area is 112 Å². The predicted octanol–water partition coefficient (Wildman–Crippen LogP) is 3.09. The molecule has 0 aliphatic carbocycles. The van der Waals surface area contributed by atoms with Crippen molar-refractivity contribution >= 4 is 5.97 Å². The maximum atomic E-state index is 11.8. The molecule has 98 valence electrons. The lowest BCUT2D eigenvalue weighted by molar-refractivity contribution is 0.0509. The van der Waals surface area contributed by atoms with Gasteiger partial charge >= 0.3 is 5.97 Å². The third kappa shape index (κ3) is 3.85. The van der Waals surface area contributed by atoms with Gasteiger partial charge in [0.2, 0.25) is 0 Å². The minimum Gasteiger partial charge on any atom is -0.497 e. The van der Waals surface area contributed by atoms with Crippen LogP contribution in [0.15, 0.2) is 54.6 Å². The Hall–Kier alpha value is -2.29. The Morgan fingerprint density at radius 2 is 1.84 bits per heavy atom. The first-order valence-electron chi connectivity index (χ1n) is 6.14. The van der Waals surface area contributed by atoms with Gasteiger partial charge in [0, 0.05) is 6.42 Å². The molecule has 0 atom stereocenters. The zero-order valence-electron chi connectivity index (χ0n) is 10.8. The molecule has 0 spiro atoms. The number of carbonyl (C=O) groups is 1. The first-order valence-corrected chi connectivity index (χ1v) is 6.14. The van der Waals surface area contributed by atoms with Crippen molar-refractivity contribution in [1.29, 1.82) is 0 Å². The van der Waals surface area contributed by atoms with Crippen molar-refractivity contribution in [3.05, 3.63) is 65.7 Å². The average Bonchev–Trinajstić information content (AvgIpc) is 2.48. The topological polar surface area (TPSA) is 35.5 Å². The van der Waals surface area contributed by atoms with E-state index in [2.05, 4.69) is 0 Å². The third-order valence-corrected chi connectivity index (χ3v) is 2.77. The van der Waals surface area contributed by atoms with E-state index in [0.29, 0.717) is 17.9 Å². The van der Waals surface area contributed by atoms with Gasteiger partial charge in [-0.15, -0.1) is 0 Å². The van der Waals surface area contributed by atoms with Crippen LogP contribution < -0.4 is 4.74 Å². The summed E-state index contributed by atoms with van der Waals surface area (Å²) >= 11 is 0. The van der Waals surface area contributed by atoms with E-state index in [-0.39, 0.29) is 5.97 Å². The molecular weight excluding hydrogens is 240 g/mol. The lowest BCUT2D eigenvalue weighted by Crippen LogP contribution is -2.08. The average molecular weight is 256 g/mol. The quantitative estimate of drug-likeness (QED) is 0.771. The van der Waals surface area contributed by atoms with E-state index < -0.39 is 0 Å². The Morgan fingerprint density at radius 1 is 1.05 bits per heavy atom. The summed E-state index contributed by atoms with van der Waals surface area (Å²) in [5, 5.41) is 0. The van der Waals surface area contributed by atoms with Crippen molar-refractivity contribution in [3.8, 4) is 5.75 Å². The number of hydrogen-bond acceptors (Lipinski definition) is 3. The van der Waals surface area contributed by atoms with Crippen molar-refractivity contribution in [1.82, 2.24) is 0 Å². The van der Waals surface area contributed by atoms with E-state index in [1.54, 1.807) is 31.4 Å². The van der Waals surface area contributed by atoms with Gasteiger partial charge in [-0.3, -0.25) is 0 Å². The smallest absolute Gasteiger partial charge is 0.338 e. The van der Waals surface area contributed by atoms with Crippen molar-refractivity contribution < 1.29 is 14.3 Å². The molecule has 0 aliphatic rings. The van der Waals surface area contributed by atoms with E-state index in [1.165, 1.54) is 0 Å². The highest BCUT2D eigenvalue weighted by Crippen LogP contribution is 2.13. The molecule has 0 amide bonds. The van der Waals surface area contributed by atoms with Crippen LogP contribution in [0.5, 0.6) is 5.75 Å². The second kappa shape index (κ2) is 6.59. The Balaban J connectivity index is 1.87. The van der Waals surface area contributed by atoms with Crippen molar-refractivity contribution in [2.45, 2.75) is 6.42 Å². The molecule has 0 bridgehead atoms. The van der Waals surface area contributed by atoms with Crippen LogP contribution in [-0.4, -0.2) is 19.7 Å². The molecule has 0 radical (unpaired) electrons. The summed E-state index contributed by atoms with van der Waals surface area (Å²) in [4.78, 5) is 11.8. The number of methoxy groups -OCH3 is 1.